The molecule has 0 radical (unpaired) electrons. The van der Waals surface area contributed by atoms with Gasteiger partial charge in [-0.05, 0) is 35.9 Å². The third-order valence-corrected chi connectivity index (χ3v) is 5.16. The predicted octanol–water partition coefficient (Wildman–Crippen LogP) is 5.71. The fourth-order valence-corrected chi connectivity index (χ4v) is 3.37. The Morgan fingerprint density at radius 2 is 1.73 bits per heavy atom. The van der Waals surface area contributed by atoms with Crippen molar-refractivity contribution in [1.82, 2.24) is 0 Å². The summed E-state index contributed by atoms with van der Waals surface area (Å²) in [5.41, 5.74) is 2.31. The van der Waals surface area contributed by atoms with Gasteiger partial charge in [-0.2, -0.15) is 0 Å². The van der Waals surface area contributed by atoms with Crippen LogP contribution in [0.2, 0.25) is 5.02 Å². The van der Waals surface area contributed by atoms with Gasteiger partial charge in [-0.1, -0.05) is 35.9 Å². The van der Waals surface area contributed by atoms with Gasteiger partial charge in [0.05, 0.1) is 25.2 Å². The summed E-state index contributed by atoms with van der Waals surface area (Å²) in [6, 6.07) is 17.9. The van der Waals surface area contributed by atoms with Crippen LogP contribution < -0.4 is 19.6 Å². The summed E-state index contributed by atoms with van der Waals surface area (Å²) < 4.78 is 22.1. The van der Waals surface area contributed by atoms with Gasteiger partial charge in [0.1, 0.15) is 24.2 Å². The number of halogens is 1. The van der Waals surface area contributed by atoms with E-state index in [4.69, 9.17) is 30.2 Å². The zero-order valence-electron chi connectivity index (χ0n) is 16.5. The maximum Gasteiger partial charge on any atom is 0.200 e. The van der Waals surface area contributed by atoms with Gasteiger partial charge in [-0.15, -0.1) is 0 Å². The second-order valence-electron chi connectivity index (χ2n) is 6.59. The smallest absolute Gasteiger partial charge is 0.200 e. The van der Waals surface area contributed by atoms with E-state index in [1.165, 1.54) is 6.26 Å². The van der Waals surface area contributed by atoms with E-state index in [0.717, 1.165) is 5.56 Å². The maximum atomic E-state index is 13.0. The van der Waals surface area contributed by atoms with Gasteiger partial charge in [-0.25, -0.2) is 0 Å². The van der Waals surface area contributed by atoms with E-state index < -0.39 is 0 Å². The molecule has 0 spiro atoms. The van der Waals surface area contributed by atoms with Crippen LogP contribution in [0.15, 0.2) is 76.1 Å². The molecule has 0 amide bonds. The topological polar surface area (TPSA) is 57.9 Å². The first-order chi connectivity index (χ1) is 14.6. The van der Waals surface area contributed by atoms with E-state index in [9.17, 15) is 4.79 Å². The average molecular weight is 423 g/mol. The summed E-state index contributed by atoms with van der Waals surface area (Å²) in [5.74, 6) is 1.72. The van der Waals surface area contributed by atoms with Crippen LogP contribution in [0.25, 0.3) is 22.1 Å². The molecule has 152 valence electrons. The third kappa shape index (κ3) is 3.84. The minimum atomic E-state index is -0.138. The first-order valence-corrected chi connectivity index (χ1v) is 9.62. The van der Waals surface area contributed by atoms with Crippen molar-refractivity contribution in [1.29, 1.82) is 0 Å². The Morgan fingerprint density at radius 1 is 0.933 bits per heavy atom. The van der Waals surface area contributed by atoms with Crippen LogP contribution in [0.4, 0.5) is 0 Å². The van der Waals surface area contributed by atoms with Crippen molar-refractivity contribution in [2.24, 2.45) is 0 Å². The van der Waals surface area contributed by atoms with Crippen molar-refractivity contribution < 1.29 is 18.6 Å². The van der Waals surface area contributed by atoms with E-state index in [-0.39, 0.29) is 5.43 Å². The number of rotatable bonds is 6. The van der Waals surface area contributed by atoms with Crippen LogP contribution >= 0.6 is 11.6 Å². The average Bonchev–Trinajstić information content (AvgIpc) is 2.78. The van der Waals surface area contributed by atoms with Crippen molar-refractivity contribution >= 4 is 22.6 Å². The molecule has 30 heavy (non-hydrogen) atoms. The second-order valence-corrected chi connectivity index (χ2v) is 6.99. The molecule has 5 nitrogen and oxygen atoms in total. The molecule has 4 aromatic rings. The summed E-state index contributed by atoms with van der Waals surface area (Å²) in [7, 11) is 3.11. The summed E-state index contributed by atoms with van der Waals surface area (Å²) in [6.45, 7) is 0.319. The van der Waals surface area contributed by atoms with Gasteiger partial charge in [-0.3, -0.25) is 4.79 Å². The highest BCUT2D eigenvalue weighted by Crippen LogP contribution is 2.32. The van der Waals surface area contributed by atoms with E-state index >= 15 is 0 Å². The third-order valence-electron chi connectivity index (χ3n) is 4.79. The summed E-state index contributed by atoms with van der Waals surface area (Å²) in [5, 5.41) is 1.11. The van der Waals surface area contributed by atoms with Crippen LogP contribution in [-0.2, 0) is 6.61 Å². The molecule has 0 N–H and O–H groups in total. The summed E-state index contributed by atoms with van der Waals surface area (Å²) in [6.07, 6.45) is 1.45. The van der Waals surface area contributed by atoms with Gasteiger partial charge >= 0.3 is 0 Å². The molecule has 1 heterocycles. The number of benzene rings is 3. The van der Waals surface area contributed by atoms with Crippen molar-refractivity contribution in [2.45, 2.75) is 6.61 Å². The normalized spacial score (nSPS) is 10.8. The first-order valence-electron chi connectivity index (χ1n) is 9.25. The lowest BCUT2D eigenvalue weighted by atomic mass is 10.0. The fraction of sp³-hybridized carbons (Fsp3) is 0.125. The van der Waals surface area contributed by atoms with Crippen LogP contribution in [0, 0.1) is 0 Å². The van der Waals surface area contributed by atoms with Crippen molar-refractivity contribution in [2.75, 3.05) is 14.2 Å². The molecule has 0 aliphatic carbocycles. The lowest BCUT2D eigenvalue weighted by Gasteiger charge is -2.10. The minimum Gasteiger partial charge on any atom is -0.493 e. The van der Waals surface area contributed by atoms with E-state index in [1.54, 1.807) is 50.6 Å². The molecule has 0 fully saturated rings. The van der Waals surface area contributed by atoms with Crippen molar-refractivity contribution in [3.8, 4) is 28.4 Å². The molecule has 0 aliphatic heterocycles. The van der Waals surface area contributed by atoms with E-state index in [1.807, 2.05) is 24.3 Å². The Hall–Kier alpha value is -3.44. The molecule has 0 aliphatic rings. The monoisotopic (exact) mass is 422 g/mol. The first kappa shape index (κ1) is 19.9. The Kier molecular flexibility index (Phi) is 5.63. The zero-order chi connectivity index (χ0) is 21.1. The number of fused-ring (bicyclic) bond motifs is 1. The van der Waals surface area contributed by atoms with Gasteiger partial charge in [0.25, 0.3) is 0 Å². The number of ether oxygens (including phenoxy) is 3. The van der Waals surface area contributed by atoms with Crippen molar-refractivity contribution in [3.05, 3.63) is 87.7 Å². The van der Waals surface area contributed by atoms with Gasteiger partial charge in [0.15, 0.2) is 16.9 Å². The molecule has 0 bridgehead atoms. The largest absolute Gasteiger partial charge is 0.493 e. The molecule has 4 rings (SSSR count). The highest BCUT2D eigenvalue weighted by atomic mass is 35.5. The van der Waals surface area contributed by atoms with Gasteiger partial charge in [0.2, 0.25) is 0 Å². The van der Waals surface area contributed by atoms with Gasteiger partial charge < -0.3 is 18.6 Å². The molecular formula is C24H19ClO5. The number of hydrogen-bond acceptors (Lipinski definition) is 5. The summed E-state index contributed by atoms with van der Waals surface area (Å²) >= 11 is 6.17. The Morgan fingerprint density at radius 3 is 2.50 bits per heavy atom. The highest BCUT2D eigenvalue weighted by Gasteiger charge is 2.13. The minimum absolute atomic E-state index is 0.138. The quantitative estimate of drug-likeness (QED) is 0.398. The number of hydrogen-bond donors (Lipinski definition) is 0. The maximum absolute atomic E-state index is 13.0. The SMILES string of the molecule is COc1ccc(-c2coc3cc(OCc4ccccc4Cl)ccc3c2=O)cc1OC. The fourth-order valence-electron chi connectivity index (χ4n) is 3.18. The molecule has 0 saturated heterocycles. The highest BCUT2D eigenvalue weighted by molar-refractivity contribution is 6.31. The number of methoxy groups -OCH3 is 2. The van der Waals surface area contributed by atoms with Crippen LogP contribution in [-0.4, -0.2) is 14.2 Å². The zero-order valence-corrected chi connectivity index (χ0v) is 17.2. The molecule has 0 saturated carbocycles. The van der Waals surface area contributed by atoms with Crippen LogP contribution in [0.3, 0.4) is 0 Å². The molecule has 1 aromatic heterocycles. The molecule has 6 heteroatoms. The standard InChI is InChI=1S/C24H19ClO5/c1-27-21-10-7-15(11-23(21)28-2)19-14-30-22-12-17(8-9-18(22)24(19)26)29-13-16-5-3-4-6-20(16)25/h3-12,14H,13H2,1-2H3. The predicted molar refractivity (Wildman–Crippen MR) is 117 cm³/mol. The molecule has 0 unspecified atom stereocenters. The van der Waals surface area contributed by atoms with Crippen LogP contribution in [0.1, 0.15) is 5.56 Å². The Bertz CT molecular complexity index is 1260. The van der Waals surface area contributed by atoms with E-state index in [0.29, 0.717) is 51.0 Å². The second kappa shape index (κ2) is 8.51. The molecule has 3 aromatic carbocycles. The Balaban J connectivity index is 1.65. The molecule has 0 atom stereocenters. The van der Waals surface area contributed by atoms with Crippen LogP contribution in [0.5, 0.6) is 17.2 Å². The summed E-state index contributed by atoms with van der Waals surface area (Å²) in [4.78, 5) is 13.0. The Labute approximate surface area is 178 Å². The molecular weight excluding hydrogens is 404 g/mol. The van der Waals surface area contributed by atoms with Gasteiger partial charge in [0, 0.05) is 16.7 Å². The van der Waals surface area contributed by atoms with Crippen molar-refractivity contribution in [3.63, 3.8) is 0 Å². The lowest BCUT2D eigenvalue weighted by molar-refractivity contribution is 0.306. The van der Waals surface area contributed by atoms with E-state index in [2.05, 4.69) is 0 Å². The lowest BCUT2D eigenvalue weighted by Crippen LogP contribution is -2.05.